The highest BCUT2D eigenvalue weighted by Gasteiger charge is 2.03. The van der Waals surface area contributed by atoms with Gasteiger partial charge in [0.2, 0.25) is 0 Å². The van der Waals surface area contributed by atoms with E-state index < -0.39 is 5.82 Å². The van der Waals surface area contributed by atoms with Crippen molar-refractivity contribution in [1.29, 1.82) is 5.26 Å². The average molecular weight is 262 g/mol. The second kappa shape index (κ2) is 5.48. The Morgan fingerprint density at radius 1 is 1.33 bits per heavy atom. The Labute approximate surface area is 109 Å². The molecule has 0 atom stereocenters. The van der Waals surface area contributed by atoms with Crippen molar-refractivity contribution in [3.8, 4) is 6.07 Å². The summed E-state index contributed by atoms with van der Waals surface area (Å²) in [5.74, 6) is -0.405. The van der Waals surface area contributed by atoms with Crippen molar-refractivity contribution in [3.63, 3.8) is 0 Å². The summed E-state index contributed by atoms with van der Waals surface area (Å²) in [6.07, 6.45) is 1.55. The first-order valence-electron chi connectivity index (χ1n) is 5.23. The van der Waals surface area contributed by atoms with Crippen LogP contribution in [0.4, 0.5) is 10.1 Å². The third-order valence-electron chi connectivity index (χ3n) is 2.35. The summed E-state index contributed by atoms with van der Waals surface area (Å²) in [6, 6.07) is 9.81. The van der Waals surface area contributed by atoms with Crippen LogP contribution in [-0.4, -0.2) is 4.98 Å². The fraction of sp³-hybridized carbons (Fsp3) is 0.0769. The summed E-state index contributed by atoms with van der Waals surface area (Å²) < 4.78 is 13.5. The van der Waals surface area contributed by atoms with Gasteiger partial charge >= 0.3 is 0 Å². The van der Waals surface area contributed by atoms with E-state index in [-0.39, 0.29) is 0 Å². The summed E-state index contributed by atoms with van der Waals surface area (Å²) >= 11 is 5.66. The summed E-state index contributed by atoms with van der Waals surface area (Å²) in [4.78, 5) is 3.86. The van der Waals surface area contributed by atoms with Gasteiger partial charge in [0.25, 0.3) is 0 Å². The van der Waals surface area contributed by atoms with E-state index in [9.17, 15) is 4.39 Å². The molecule has 0 radical (unpaired) electrons. The maximum atomic E-state index is 13.5. The third-order valence-corrected chi connectivity index (χ3v) is 2.59. The predicted molar refractivity (Wildman–Crippen MR) is 67.7 cm³/mol. The van der Waals surface area contributed by atoms with Gasteiger partial charge in [-0.2, -0.15) is 5.26 Å². The molecular formula is C13H9ClFN3. The zero-order valence-corrected chi connectivity index (χ0v) is 10.1. The Morgan fingerprint density at radius 2 is 2.17 bits per heavy atom. The Bertz CT molecular complexity index is 607. The Hall–Kier alpha value is -2.12. The molecule has 2 rings (SSSR count). The van der Waals surface area contributed by atoms with Crippen LogP contribution in [0.3, 0.4) is 0 Å². The first kappa shape index (κ1) is 12.3. The molecule has 0 aliphatic heterocycles. The molecule has 0 unspecified atom stereocenters. The maximum Gasteiger partial charge on any atom is 0.147 e. The lowest BCUT2D eigenvalue weighted by molar-refractivity contribution is 0.630. The second-order valence-electron chi connectivity index (χ2n) is 3.64. The Kier molecular flexibility index (Phi) is 3.75. The van der Waals surface area contributed by atoms with Crippen LogP contribution >= 0.6 is 11.6 Å². The minimum absolute atomic E-state index is 0.339. The molecule has 2 aromatic rings. The number of pyridine rings is 1. The minimum atomic E-state index is -0.405. The van der Waals surface area contributed by atoms with Gasteiger partial charge in [0.1, 0.15) is 17.6 Å². The van der Waals surface area contributed by atoms with Crippen molar-refractivity contribution in [2.75, 3.05) is 5.32 Å². The van der Waals surface area contributed by atoms with Crippen LogP contribution in [0.1, 0.15) is 11.3 Å². The molecule has 1 heterocycles. The molecule has 90 valence electrons. The van der Waals surface area contributed by atoms with E-state index in [0.29, 0.717) is 22.9 Å². The van der Waals surface area contributed by atoms with E-state index in [4.69, 9.17) is 16.9 Å². The van der Waals surface area contributed by atoms with Gasteiger partial charge in [0, 0.05) is 17.8 Å². The Morgan fingerprint density at radius 3 is 2.89 bits per heavy atom. The van der Waals surface area contributed by atoms with Crippen molar-refractivity contribution < 1.29 is 4.39 Å². The summed E-state index contributed by atoms with van der Waals surface area (Å²) in [5.41, 5.74) is 1.57. The number of rotatable bonds is 3. The van der Waals surface area contributed by atoms with Gasteiger partial charge in [-0.1, -0.05) is 11.6 Å². The van der Waals surface area contributed by atoms with Gasteiger partial charge in [-0.05, 0) is 35.9 Å². The Balaban J connectivity index is 2.09. The van der Waals surface area contributed by atoms with Crippen LogP contribution in [0.2, 0.25) is 5.02 Å². The summed E-state index contributed by atoms with van der Waals surface area (Å²) in [7, 11) is 0. The highest BCUT2D eigenvalue weighted by atomic mass is 35.5. The number of hydrogen-bond donors (Lipinski definition) is 1. The molecule has 1 aromatic carbocycles. The fourth-order valence-corrected chi connectivity index (χ4v) is 1.63. The lowest BCUT2D eigenvalue weighted by Gasteiger charge is -2.07. The van der Waals surface area contributed by atoms with Crippen LogP contribution in [-0.2, 0) is 6.54 Å². The van der Waals surface area contributed by atoms with E-state index in [2.05, 4.69) is 10.3 Å². The lowest BCUT2D eigenvalue weighted by Crippen LogP contribution is -2.02. The molecule has 0 bridgehead atoms. The number of halogens is 2. The molecule has 18 heavy (non-hydrogen) atoms. The second-order valence-corrected chi connectivity index (χ2v) is 4.08. The molecule has 0 saturated heterocycles. The zero-order chi connectivity index (χ0) is 13.0. The zero-order valence-electron chi connectivity index (χ0n) is 9.32. The molecule has 0 aliphatic carbocycles. The van der Waals surface area contributed by atoms with Gasteiger partial charge in [-0.15, -0.1) is 0 Å². The molecule has 0 amide bonds. The van der Waals surface area contributed by atoms with E-state index in [1.165, 1.54) is 6.07 Å². The topological polar surface area (TPSA) is 48.7 Å². The van der Waals surface area contributed by atoms with Crippen LogP contribution in [0.25, 0.3) is 0 Å². The third kappa shape index (κ3) is 2.96. The van der Waals surface area contributed by atoms with Crippen LogP contribution in [0.5, 0.6) is 0 Å². The SMILES string of the molecule is N#Cc1cc(CNc2ccc(Cl)cc2F)ccn1. The van der Waals surface area contributed by atoms with Crippen molar-refractivity contribution in [3.05, 3.63) is 58.6 Å². The minimum Gasteiger partial charge on any atom is -0.379 e. The van der Waals surface area contributed by atoms with E-state index in [1.807, 2.05) is 6.07 Å². The average Bonchev–Trinajstić information content (AvgIpc) is 2.38. The quantitative estimate of drug-likeness (QED) is 0.922. The number of anilines is 1. The molecule has 0 saturated carbocycles. The maximum absolute atomic E-state index is 13.5. The number of aromatic nitrogens is 1. The van der Waals surface area contributed by atoms with Gasteiger partial charge in [0.05, 0.1) is 5.69 Å². The first-order chi connectivity index (χ1) is 8.69. The molecule has 5 heteroatoms. The molecule has 0 aliphatic rings. The molecule has 3 nitrogen and oxygen atoms in total. The number of benzene rings is 1. The molecule has 0 spiro atoms. The van der Waals surface area contributed by atoms with Gasteiger partial charge < -0.3 is 5.32 Å². The van der Waals surface area contributed by atoms with Crippen molar-refractivity contribution in [1.82, 2.24) is 4.98 Å². The normalized spacial score (nSPS) is 9.83. The monoisotopic (exact) mass is 261 g/mol. The standard InChI is InChI=1S/C13H9ClFN3/c14-10-1-2-13(12(15)6-10)18-8-9-3-4-17-11(5-9)7-16/h1-6,18H,8H2. The van der Waals surface area contributed by atoms with Crippen molar-refractivity contribution in [2.45, 2.75) is 6.54 Å². The molecule has 1 N–H and O–H groups in total. The van der Waals surface area contributed by atoms with E-state index in [0.717, 1.165) is 5.56 Å². The van der Waals surface area contributed by atoms with Gasteiger partial charge in [-0.3, -0.25) is 0 Å². The molecule has 0 fully saturated rings. The van der Waals surface area contributed by atoms with Crippen molar-refractivity contribution >= 4 is 17.3 Å². The molecular weight excluding hydrogens is 253 g/mol. The lowest BCUT2D eigenvalue weighted by atomic mass is 10.2. The highest BCUT2D eigenvalue weighted by Crippen LogP contribution is 2.19. The fourth-order valence-electron chi connectivity index (χ4n) is 1.48. The van der Waals surface area contributed by atoms with Gasteiger partial charge in [-0.25, -0.2) is 9.37 Å². The van der Waals surface area contributed by atoms with E-state index in [1.54, 1.807) is 30.5 Å². The smallest absolute Gasteiger partial charge is 0.147 e. The van der Waals surface area contributed by atoms with Crippen molar-refractivity contribution in [2.24, 2.45) is 0 Å². The first-order valence-corrected chi connectivity index (χ1v) is 5.61. The van der Waals surface area contributed by atoms with E-state index >= 15 is 0 Å². The highest BCUT2D eigenvalue weighted by molar-refractivity contribution is 6.30. The summed E-state index contributed by atoms with van der Waals surface area (Å²) in [5, 5.41) is 12.0. The number of nitrogens with zero attached hydrogens (tertiary/aromatic N) is 2. The molecule has 1 aromatic heterocycles. The number of nitriles is 1. The summed E-state index contributed by atoms with van der Waals surface area (Å²) in [6.45, 7) is 0.412. The van der Waals surface area contributed by atoms with Gasteiger partial charge in [0.15, 0.2) is 0 Å². The van der Waals surface area contributed by atoms with Crippen LogP contribution in [0.15, 0.2) is 36.5 Å². The van der Waals surface area contributed by atoms with Crippen LogP contribution in [0, 0.1) is 17.1 Å². The largest absolute Gasteiger partial charge is 0.379 e. The predicted octanol–water partition coefficient (Wildman–Crippen LogP) is 3.36. The van der Waals surface area contributed by atoms with Crippen LogP contribution < -0.4 is 5.32 Å². The number of hydrogen-bond acceptors (Lipinski definition) is 3. The number of nitrogens with one attached hydrogen (secondary N) is 1.